The summed E-state index contributed by atoms with van der Waals surface area (Å²) in [6.07, 6.45) is 1.25. The molecule has 1 saturated heterocycles. The molecule has 0 aromatic carbocycles. The third-order valence-corrected chi connectivity index (χ3v) is 2.23. The number of thiol groups is 1. The van der Waals surface area contributed by atoms with E-state index in [4.69, 9.17) is 0 Å². The summed E-state index contributed by atoms with van der Waals surface area (Å²) in [5.74, 6) is 0. The van der Waals surface area contributed by atoms with E-state index in [1.165, 1.54) is 13.0 Å². The molecule has 0 spiro atoms. The first-order valence-corrected chi connectivity index (χ1v) is 4.45. The standard InChI is InChI=1S/C7H16N2S/c1-7(10)9-5-2-3-8-4-6-9/h7-8,10H,2-6H2,1H3/t7-/m0/s1. The zero-order valence-corrected chi connectivity index (χ0v) is 7.40. The summed E-state index contributed by atoms with van der Waals surface area (Å²) < 4.78 is 0. The highest BCUT2D eigenvalue weighted by Crippen LogP contribution is 2.04. The van der Waals surface area contributed by atoms with E-state index in [2.05, 4.69) is 29.8 Å². The van der Waals surface area contributed by atoms with Gasteiger partial charge in [-0.3, -0.25) is 4.90 Å². The first-order chi connectivity index (χ1) is 4.80. The summed E-state index contributed by atoms with van der Waals surface area (Å²) >= 11 is 4.39. The summed E-state index contributed by atoms with van der Waals surface area (Å²) in [5.41, 5.74) is 0. The highest BCUT2D eigenvalue weighted by Gasteiger charge is 2.10. The fourth-order valence-corrected chi connectivity index (χ4v) is 1.47. The molecule has 1 aliphatic rings. The maximum absolute atomic E-state index is 4.39. The Balaban J connectivity index is 2.28. The van der Waals surface area contributed by atoms with Crippen LogP contribution in [0, 0.1) is 0 Å². The predicted molar refractivity (Wildman–Crippen MR) is 47.5 cm³/mol. The van der Waals surface area contributed by atoms with E-state index in [1.807, 2.05) is 0 Å². The van der Waals surface area contributed by atoms with E-state index in [1.54, 1.807) is 0 Å². The van der Waals surface area contributed by atoms with Crippen molar-refractivity contribution in [2.75, 3.05) is 26.2 Å². The smallest absolute Gasteiger partial charge is 0.0499 e. The van der Waals surface area contributed by atoms with Crippen LogP contribution in [0.25, 0.3) is 0 Å². The van der Waals surface area contributed by atoms with Crippen LogP contribution in [0.1, 0.15) is 13.3 Å². The maximum Gasteiger partial charge on any atom is 0.0499 e. The van der Waals surface area contributed by atoms with E-state index in [-0.39, 0.29) is 0 Å². The number of nitrogens with one attached hydrogen (secondary N) is 1. The van der Waals surface area contributed by atoms with E-state index >= 15 is 0 Å². The van der Waals surface area contributed by atoms with Gasteiger partial charge in [-0.25, -0.2) is 0 Å². The van der Waals surface area contributed by atoms with E-state index in [0.29, 0.717) is 5.37 Å². The normalized spacial score (nSPS) is 25.8. The molecule has 1 N–H and O–H groups in total. The van der Waals surface area contributed by atoms with Crippen LogP contribution in [-0.4, -0.2) is 36.5 Å². The van der Waals surface area contributed by atoms with Gasteiger partial charge in [0.05, 0.1) is 0 Å². The van der Waals surface area contributed by atoms with Crippen molar-refractivity contribution in [2.45, 2.75) is 18.7 Å². The van der Waals surface area contributed by atoms with Gasteiger partial charge in [-0.05, 0) is 19.9 Å². The van der Waals surface area contributed by atoms with E-state index < -0.39 is 0 Å². The van der Waals surface area contributed by atoms with Crippen molar-refractivity contribution in [1.82, 2.24) is 10.2 Å². The molecule has 1 heterocycles. The molecule has 1 rings (SSSR count). The fourth-order valence-electron chi connectivity index (χ4n) is 1.24. The lowest BCUT2D eigenvalue weighted by molar-refractivity contribution is 0.287. The Morgan fingerprint density at radius 3 is 2.90 bits per heavy atom. The quantitative estimate of drug-likeness (QED) is 0.545. The van der Waals surface area contributed by atoms with Gasteiger partial charge in [0.15, 0.2) is 0 Å². The van der Waals surface area contributed by atoms with Crippen molar-refractivity contribution in [3.05, 3.63) is 0 Å². The second-order valence-electron chi connectivity index (χ2n) is 2.77. The van der Waals surface area contributed by atoms with Crippen molar-refractivity contribution < 1.29 is 0 Å². The molecular weight excluding hydrogens is 144 g/mol. The molecule has 1 aliphatic heterocycles. The zero-order valence-electron chi connectivity index (χ0n) is 6.51. The van der Waals surface area contributed by atoms with Crippen molar-refractivity contribution >= 4 is 12.6 Å². The van der Waals surface area contributed by atoms with Crippen LogP contribution in [0.3, 0.4) is 0 Å². The average molecular weight is 160 g/mol. The molecule has 2 nitrogen and oxygen atoms in total. The number of hydrogen-bond acceptors (Lipinski definition) is 3. The van der Waals surface area contributed by atoms with Crippen LogP contribution in [0.4, 0.5) is 0 Å². The van der Waals surface area contributed by atoms with Gasteiger partial charge >= 0.3 is 0 Å². The summed E-state index contributed by atoms with van der Waals surface area (Å²) in [7, 11) is 0. The summed E-state index contributed by atoms with van der Waals surface area (Å²) in [5, 5.41) is 3.77. The summed E-state index contributed by atoms with van der Waals surface area (Å²) in [4.78, 5) is 2.39. The van der Waals surface area contributed by atoms with Gasteiger partial charge < -0.3 is 5.32 Å². The van der Waals surface area contributed by atoms with Gasteiger partial charge in [-0.2, -0.15) is 12.6 Å². The first kappa shape index (κ1) is 8.37. The second kappa shape index (κ2) is 4.21. The molecule has 3 heteroatoms. The van der Waals surface area contributed by atoms with Gasteiger partial charge in [0, 0.05) is 25.0 Å². The minimum atomic E-state index is 0.417. The Morgan fingerprint density at radius 1 is 1.40 bits per heavy atom. The monoisotopic (exact) mass is 160 g/mol. The van der Waals surface area contributed by atoms with Crippen molar-refractivity contribution in [3.63, 3.8) is 0 Å². The number of hydrogen-bond donors (Lipinski definition) is 2. The molecule has 0 aliphatic carbocycles. The molecule has 0 bridgehead atoms. The molecule has 0 amide bonds. The molecule has 0 unspecified atom stereocenters. The Morgan fingerprint density at radius 2 is 2.20 bits per heavy atom. The third-order valence-electron chi connectivity index (χ3n) is 1.90. The Hall–Kier alpha value is 0.270. The largest absolute Gasteiger partial charge is 0.315 e. The Bertz CT molecular complexity index is 87.6. The summed E-state index contributed by atoms with van der Waals surface area (Å²) in [6, 6.07) is 0. The van der Waals surface area contributed by atoms with E-state index in [9.17, 15) is 0 Å². The predicted octanol–water partition coefficient (Wildman–Crippen LogP) is 0.557. The molecule has 1 atom stereocenters. The minimum Gasteiger partial charge on any atom is -0.315 e. The number of nitrogens with zero attached hydrogens (tertiary/aromatic N) is 1. The average Bonchev–Trinajstić information content (AvgIpc) is 2.12. The lowest BCUT2D eigenvalue weighted by Crippen LogP contribution is -2.32. The third kappa shape index (κ3) is 2.48. The van der Waals surface area contributed by atoms with Crippen molar-refractivity contribution in [2.24, 2.45) is 0 Å². The molecule has 0 saturated carbocycles. The molecular formula is C7H16N2S. The van der Waals surface area contributed by atoms with E-state index in [0.717, 1.165) is 19.6 Å². The van der Waals surface area contributed by atoms with Crippen LogP contribution >= 0.6 is 12.6 Å². The molecule has 0 aromatic rings. The molecule has 60 valence electrons. The van der Waals surface area contributed by atoms with Gasteiger partial charge in [0.25, 0.3) is 0 Å². The van der Waals surface area contributed by atoms with Crippen LogP contribution in [0.15, 0.2) is 0 Å². The van der Waals surface area contributed by atoms with Crippen LogP contribution in [0.5, 0.6) is 0 Å². The fraction of sp³-hybridized carbons (Fsp3) is 1.00. The van der Waals surface area contributed by atoms with Gasteiger partial charge in [-0.15, -0.1) is 0 Å². The van der Waals surface area contributed by atoms with Crippen LogP contribution < -0.4 is 5.32 Å². The minimum absolute atomic E-state index is 0.417. The highest BCUT2D eigenvalue weighted by atomic mass is 32.1. The molecule has 1 fully saturated rings. The zero-order chi connectivity index (χ0) is 7.40. The Labute approximate surface area is 68.4 Å². The molecule has 0 radical (unpaired) electrons. The SMILES string of the molecule is C[C@H](S)N1CCCNCC1. The van der Waals surface area contributed by atoms with Gasteiger partial charge in [0.1, 0.15) is 0 Å². The highest BCUT2D eigenvalue weighted by molar-refractivity contribution is 7.80. The topological polar surface area (TPSA) is 15.3 Å². The summed E-state index contributed by atoms with van der Waals surface area (Å²) in [6.45, 7) is 6.75. The molecule has 10 heavy (non-hydrogen) atoms. The first-order valence-electron chi connectivity index (χ1n) is 3.93. The van der Waals surface area contributed by atoms with Gasteiger partial charge in [0.2, 0.25) is 0 Å². The van der Waals surface area contributed by atoms with Crippen molar-refractivity contribution in [3.8, 4) is 0 Å². The lowest BCUT2D eigenvalue weighted by Gasteiger charge is -2.22. The lowest BCUT2D eigenvalue weighted by atomic mass is 10.4. The number of rotatable bonds is 1. The van der Waals surface area contributed by atoms with Crippen molar-refractivity contribution in [1.29, 1.82) is 0 Å². The second-order valence-corrected chi connectivity index (χ2v) is 3.52. The van der Waals surface area contributed by atoms with Crippen LogP contribution in [-0.2, 0) is 0 Å². The van der Waals surface area contributed by atoms with Crippen LogP contribution in [0.2, 0.25) is 0 Å². The molecule has 0 aromatic heterocycles. The Kier molecular flexibility index (Phi) is 3.52. The maximum atomic E-state index is 4.39. The van der Waals surface area contributed by atoms with Gasteiger partial charge in [-0.1, -0.05) is 0 Å².